The molecule has 0 bridgehead atoms. The molecule has 0 saturated heterocycles. The summed E-state index contributed by atoms with van der Waals surface area (Å²) >= 11 is 5.65. The van der Waals surface area contributed by atoms with Gasteiger partial charge in [0, 0.05) is 6.54 Å². The van der Waals surface area contributed by atoms with Gasteiger partial charge in [-0.3, -0.25) is 4.79 Å². The molecule has 112 valence electrons. The van der Waals surface area contributed by atoms with E-state index in [1.165, 1.54) is 44.2 Å². The van der Waals surface area contributed by atoms with E-state index in [4.69, 9.17) is 11.6 Å². The van der Waals surface area contributed by atoms with E-state index in [2.05, 4.69) is 12.2 Å². The average Bonchev–Trinajstić information content (AvgIpc) is 2.44. The fourth-order valence-electron chi connectivity index (χ4n) is 2.06. The predicted octanol–water partition coefficient (Wildman–Crippen LogP) is 4.96. The second-order valence-electron chi connectivity index (χ2n) is 4.98. The van der Waals surface area contributed by atoms with E-state index in [-0.39, 0.29) is 10.6 Å². The fourth-order valence-corrected chi connectivity index (χ4v) is 2.23. The van der Waals surface area contributed by atoms with Crippen molar-refractivity contribution < 1.29 is 9.18 Å². The summed E-state index contributed by atoms with van der Waals surface area (Å²) in [5.41, 5.74) is 0.0143. The molecule has 4 heteroatoms. The smallest absolute Gasteiger partial charge is 0.254 e. The van der Waals surface area contributed by atoms with Crippen LogP contribution in [0.15, 0.2) is 18.2 Å². The zero-order chi connectivity index (χ0) is 14.8. The number of halogens is 2. The molecule has 1 aromatic carbocycles. The molecule has 0 aliphatic carbocycles. The lowest BCUT2D eigenvalue weighted by Gasteiger charge is -2.07. The summed E-state index contributed by atoms with van der Waals surface area (Å²) < 4.78 is 13.6. The van der Waals surface area contributed by atoms with E-state index in [0.717, 1.165) is 12.8 Å². The van der Waals surface area contributed by atoms with Crippen molar-refractivity contribution in [2.24, 2.45) is 0 Å². The van der Waals surface area contributed by atoms with Crippen molar-refractivity contribution in [3.63, 3.8) is 0 Å². The van der Waals surface area contributed by atoms with Crippen LogP contribution in [0.1, 0.15) is 62.2 Å². The second-order valence-corrected chi connectivity index (χ2v) is 5.39. The van der Waals surface area contributed by atoms with Crippen molar-refractivity contribution in [2.45, 2.75) is 51.9 Å². The Morgan fingerprint density at radius 2 is 1.80 bits per heavy atom. The summed E-state index contributed by atoms with van der Waals surface area (Å²) in [6, 6.07) is 4.46. The zero-order valence-corrected chi connectivity index (χ0v) is 12.8. The Hall–Kier alpha value is -1.09. The van der Waals surface area contributed by atoms with E-state index >= 15 is 0 Å². The molecular weight excluding hydrogens is 277 g/mol. The van der Waals surface area contributed by atoms with Crippen molar-refractivity contribution in [3.05, 3.63) is 34.6 Å². The van der Waals surface area contributed by atoms with E-state index in [1.54, 1.807) is 6.07 Å². The van der Waals surface area contributed by atoms with Gasteiger partial charge in [-0.1, -0.05) is 63.1 Å². The maximum Gasteiger partial charge on any atom is 0.254 e. The van der Waals surface area contributed by atoms with E-state index in [1.807, 2.05) is 0 Å². The number of amides is 1. The molecule has 0 atom stereocenters. The fraction of sp³-hybridized carbons (Fsp3) is 0.562. The predicted molar refractivity (Wildman–Crippen MR) is 81.7 cm³/mol. The highest BCUT2D eigenvalue weighted by Crippen LogP contribution is 2.17. The Morgan fingerprint density at radius 3 is 2.50 bits per heavy atom. The maximum atomic E-state index is 13.6. The van der Waals surface area contributed by atoms with Crippen molar-refractivity contribution in [1.29, 1.82) is 0 Å². The molecule has 0 saturated carbocycles. The molecule has 0 unspecified atom stereocenters. The molecular formula is C16H23ClFNO. The van der Waals surface area contributed by atoms with Gasteiger partial charge < -0.3 is 5.32 Å². The minimum atomic E-state index is -0.647. The molecule has 0 fully saturated rings. The van der Waals surface area contributed by atoms with Gasteiger partial charge in [0.15, 0.2) is 5.82 Å². The number of rotatable bonds is 9. The van der Waals surface area contributed by atoms with Gasteiger partial charge >= 0.3 is 0 Å². The summed E-state index contributed by atoms with van der Waals surface area (Å²) in [5.74, 6) is -1.04. The van der Waals surface area contributed by atoms with Crippen LogP contribution in [0.2, 0.25) is 5.02 Å². The lowest BCUT2D eigenvalue weighted by Crippen LogP contribution is -2.25. The van der Waals surface area contributed by atoms with Crippen LogP contribution in [0.25, 0.3) is 0 Å². The zero-order valence-electron chi connectivity index (χ0n) is 12.1. The SMILES string of the molecule is CCCCCCCCCNC(=O)c1cccc(Cl)c1F. The standard InChI is InChI=1S/C16H23ClFNO/c1-2-3-4-5-6-7-8-12-19-16(20)13-10-9-11-14(17)15(13)18/h9-11H,2-8,12H2,1H3,(H,19,20). The van der Waals surface area contributed by atoms with Crippen LogP contribution in [0.4, 0.5) is 4.39 Å². The first kappa shape index (κ1) is 17.0. The average molecular weight is 300 g/mol. The molecule has 1 N–H and O–H groups in total. The van der Waals surface area contributed by atoms with Gasteiger partial charge in [0.05, 0.1) is 10.6 Å². The Kier molecular flexibility index (Phi) is 8.28. The first-order valence-electron chi connectivity index (χ1n) is 7.39. The van der Waals surface area contributed by atoms with Crippen molar-refractivity contribution >= 4 is 17.5 Å². The van der Waals surface area contributed by atoms with Gasteiger partial charge in [-0.25, -0.2) is 4.39 Å². The minimum Gasteiger partial charge on any atom is -0.352 e. The third-order valence-electron chi connectivity index (χ3n) is 3.26. The Balaban J connectivity index is 2.19. The Morgan fingerprint density at radius 1 is 1.15 bits per heavy atom. The summed E-state index contributed by atoms with van der Waals surface area (Å²) in [6.45, 7) is 2.78. The Labute approximate surface area is 125 Å². The highest BCUT2D eigenvalue weighted by atomic mass is 35.5. The molecule has 20 heavy (non-hydrogen) atoms. The van der Waals surface area contributed by atoms with Gasteiger partial charge in [0.2, 0.25) is 0 Å². The summed E-state index contributed by atoms with van der Waals surface area (Å²) in [6.07, 6.45) is 8.32. The van der Waals surface area contributed by atoms with Crippen LogP contribution < -0.4 is 5.32 Å². The normalized spacial score (nSPS) is 10.6. The van der Waals surface area contributed by atoms with Gasteiger partial charge in [-0.15, -0.1) is 0 Å². The largest absolute Gasteiger partial charge is 0.352 e. The number of nitrogens with one attached hydrogen (secondary N) is 1. The van der Waals surface area contributed by atoms with Crippen molar-refractivity contribution in [3.8, 4) is 0 Å². The molecule has 0 heterocycles. The number of carbonyl (C=O) groups excluding carboxylic acids is 1. The number of hydrogen-bond donors (Lipinski definition) is 1. The first-order valence-corrected chi connectivity index (χ1v) is 7.76. The van der Waals surface area contributed by atoms with E-state index in [0.29, 0.717) is 6.54 Å². The van der Waals surface area contributed by atoms with Crippen LogP contribution in [-0.2, 0) is 0 Å². The molecule has 0 aliphatic rings. The van der Waals surface area contributed by atoms with Crippen LogP contribution in [0, 0.1) is 5.82 Å². The first-order chi connectivity index (χ1) is 9.66. The van der Waals surface area contributed by atoms with E-state index in [9.17, 15) is 9.18 Å². The lowest BCUT2D eigenvalue weighted by atomic mass is 10.1. The minimum absolute atomic E-state index is 0.0143. The van der Waals surface area contributed by atoms with Crippen LogP contribution in [0.3, 0.4) is 0 Å². The van der Waals surface area contributed by atoms with Gasteiger partial charge in [0.25, 0.3) is 5.91 Å². The highest BCUT2D eigenvalue weighted by molar-refractivity contribution is 6.31. The lowest BCUT2D eigenvalue weighted by molar-refractivity contribution is 0.0949. The van der Waals surface area contributed by atoms with Crippen LogP contribution in [-0.4, -0.2) is 12.5 Å². The van der Waals surface area contributed by atoms with Crippen LogP contribution >= 0.6 is 11.6 Å². The molecule has 2 nitrogen and oxygen atoms in total. The van der Waals surface area contributed by atoms with Gasteiger partial charge in [-0.2, -0.15) is 0 Å². The van der Waals surface area contributed by atoms with E-state index < -0.39 is 11.7 Å². The van der Waals surface area contributed by atoms with Gasteiger partial charge in [0.1, 0.15) is 0 Å². The third kappa shape index (κ3) is 5.91. The topological polar surface area (TPSA) is 29.1 Å². The number of hydrogen-bond acceptors (Lipinski definition) is 1. The molecule has 0 spiro atoms. The van der Waals surface area contributed by atoms with Crippen LogP contribution in [0.5, 0.6) is 0 Å². The van der Waals surface area contributed by atoms with Crippen molar-refractivity contribution in [1.82, 2.24) is 5.32 Å². The number of benzene rings is 1. The number of unbranched alkanes of at least 4 members (excludes halogenated alkanes) is 6. The molecule has 1 aromatic rings. The summed E-state index contributed by atoms with van der Waals surface area (Å²) in [7, 11) is 0. The maximum absolute atomic E-state index is 13.6. The number of carbonyl (C=O) groups is 1. The quantitative estimate of drug-likeness (QED) is 0.642. The van der Waals surface area contributed by atoms with Crippen molar-refractivity contribution in [2.75, 3.05) is 6.54 Å². The molecule has 0 aromatic heterocycles. The molecule has 0 radical (unpaired) electrons. The van der Waals surface area contributed by atoms with Gasteiger partial charge in [-0.05, 0) is 18.6 Å². The highest BCUT2D eigenvalue weighted by Gasteiger charge is 2.13. The molecule has 1 amide bonds. The monoisotopic (exact) mass is 299 g/mol. The Bertz CT molecular complexity index is 423. The third-order valence-corrected chi connectivity index (χ3v) is 3.55. The summed E-state index contributed by atoms with van der Waals surface area (Å²) in [4.78, 5) is 11.8. The summed E-state index contributed by atoms with van der Waals surface area (Å²) in [5, 5.41) is 2.71. The second kappa shape index (κ2) is 9.76. The molecule has 0 aliphatic heterocycles. The molecule has 1 rings (SSSR count).